The van der Waals surface area contributed by atoms with Crippen molar-refractivity contribution in [3.63, 3.8) is 0 Å². The lowest BCUT2D eigenvalue weighted by molar-refractivity contribution is 0.425. The molecule has 4 N–H and O–H groups in total. The van der Waals surface area contributed by atoms with Gasteiger partial charge in [0.05, 0.1) is 5.69 Å². The van der Waals surface area contributed by atoms with Crippen molar-refractivity contribution < 1.29 is 8.91 Å². The van der Waals surface area contributed by atoms with Gasteiger partial charge in [0, 0.05) is 10.9 Å². The normalized spacial score (nSPS) is 11.1. The smallest absolute Gasteiger partial charge is 0.303 e. The van der Waals surface area contributed by atoms with Crippen molar-refractivity contribution in [2.75, 3.05) is 5.73 Å². The highest BCUT2D eigenvalue weighted by Crippen LogP contribution is 2.26. The van der Waals surface area contributed by atoms with Crippen molar-refractivity contribution in [1.82, 2.24) is 10.1 Å². The van der Waals surface area contributed by atoms with Crippen LogP contribution in [-0.2, 0) is 0 Å². The average Bonchev–Trinajstić information content (AvgIpc) is 2.83. The summed E-state index contributed by atoms with van der Waals surface area (Å²) in [5.41, 5.74) is 6.34. The highest BCUT2D eigenvalue weighted by Gasteiger charge is 2.13. The minimum Gasteiger partial charge on any atom is -0.391 e. The molecule has 0 atom stereocenters. The van der Waals surface area contributed by atoms with Gasteiger partial charge >= 0.3 is 5.56 Å². The number of nitrogens with two attached hydrogens (primary N) is 1. The molecular weight excluding hydrogens is 225 g/mol. The van der Waals surface area contributed by atoms with Crippen LogP contribution < -0.4 is 11.3 Å². The molecule has 3 aromatic rings. The number of benzene rings is 1. The summed E-state index contributed by atoms with van der Waals surface area (Å²) in [5.74, 6) is -0.0989. The number of nitrogen functional groups attached to an aromatic ring is 1. The molecule has 0 amide bonds. The van der Waals surface area contributed by atoms with Gasteiger partial charge in [0.25, 0.3) is 0 Å². The SMILES string of the molecule is Nc1c(-c2cc3cc(F)ccc3[nH]2)o[nH]c1=O. The van der Waals surface area contributed by atoms with Crippen LogP contribution in [0.15, 0.2) is 33.6 Å². The number of H-pyrrole nitrogens is 2. The average molecular weight is 233 g/mol. The van der Waals surface area contributed by atoms with Gasteiger partial charge in [0.1, 0.15) is 11.5 Å². The maximum Gasteiger partial charge on any atom is 0.303 e. The van der Waals surface area contributed by atoms with Crippen LogP contribution in [0.2, 0.25) is 0 Å². The van der Waals surface area contributed by atoms with Gasteiger partial charge in [-0.1, -0.05) is 0 Å². The van der Waals surface area contributed by atoms with E-state index in [4.69, 9.17) is 10.3 Å². The number of hydrogen-bond acceptors (Lipinski definition) is 3. The summed E-state index contributed by atoms with van der Waals surface area (Å²) in [6.45, 7) is 0. The van der Waals surface area contributed by atoms with Gasteiger partial charge in [-0.15, -0.1) is 0 Å². The molecular formula is C11H8FN3O2. The molecule has 0 fully saturated rings. The van der Waals surface area contributed by atoms with Crippen molar-refractivity contribution in [3.8, 4) is 11.5 Å². The fraction of sp³-hybridized carbons (Fsp3) is 0. The van der Waals surface area contributed by atoms with E-state index in [0.29, 0.717) is 11.1 Å². The second kappa shape index (κ2) is 3.24. The van der Waals surface area contributed by atoms with Gasteiger partial charge in [-0.3, -0.25) is 4.79 Å². The first-order chi connectivity index (χ1) is 8.15. The molecule has 0 aliphatic carbocycles. The van der Waals surface area contributed by atoms with Gasteiger partial charge in [0.15, 0.2) is 0 Å². The zero-order valence-electron chi connectivity index (χ0n) is 8.58. The first kappa shape index (κ1) is 9.71. The molecule has 2 heterocycles. The minimum absolute atomic E-state index is 0.00275. The van der Waals surface area contributed by atoms with Crippen LogP contribution >= 0.6 is 0 Å². The minimum atomic E-state index is -0.482. The number of nitrogens with one attached hydrogen (secondary N) is 2. The fourth-order valence-electron chi connectivity index (χ4n) is 1.74. The number of aromatic nitrogens is 2. The highest BCUT2D eigenvalue weighted by atomic mass is 19.1. The second-order valence-electron chi connectivity index (χ2n) is 3.69. The van der Waals surface area contributed by atoms with E-state index in [0.717, 1.165) is 5.52 Å². The first-order valence-corrected chi connectivity index (χ1v) is 4.91. The molecule has 0 spiro atoms. The van der Waals surface area contributed by atoms with Crippen LogP contribution in [0, 0.1) is 5.82 Å². The summed E-state index contributed by atoms with van der Waals surface area (Å²) in [6, 6.07) is 6.01. The van der Waals surface area contributed by atoms with Gasteiger partial charge in [0.2, 0.25) is 5.76 Å². The molecule has 0 aliphatic rings. The van der Waals surface area contributed by atoms with Crippen LogP contribution in [-0.4, -0.2) is 10.1 Å². The molecule has 6 heteroatoms. The Bertz CT molecular complexity index is 754. The molecule has 0 saturated heterocycles. The van der Waals surface area contributed by atoms with Crippen LogP contribution in [0.4, 0.5) is 10.1 Å². The van der Waals surface area contributed by atoms with E-state index in [1.54, 1.807) is 12.1 Å². The summed E-state index contributed by atoms with van der Waals surface area (Å²) >= 11 is 0. The zero-order valence-corrected chi connectivity index (χ0v) is 8.58. The third-order valence-electron chi connectivity index (χ3n) is 2.56. The predicted octanol–water partition coefficient (Wildman–Crippen LogP) is 1.84. The first-order valence-electron chi connectivity index (χ1n) is 4.91. The third kappa shape index (κ3) is 1.42. The molecule has 0 unspecified atom stereocenters. The van der Waals surface area contributed by atoms with Crippen LogP contribution in [0.1, 0.15) is 0 Å². The molecule has 1 aromatic carbocycles. The Morgan fingerprint density at radius 1 is 1.29 bits per heavy atom. The molecule has 17 heavy (non-hydrogen) atoms. The summed E-state index contributed by atoms with van der Waals surface area (Å²) in [4.78, 5) is 14.1. The Kier molecular flexibility index (Phi) is 1.85. The van der Waals surface area contributed by atoms with Crippen LogP contribution in [0.5, 0.6) is 0 Å². The fourth-order valence-corrected chi connectivity index (χ4v) is 1.74. The lowest BCUT2D eigenvalue weighted by Crippen LogP contribution is -2.04. The van der Waals surface area contributed by atoms with Gasteiger partial charge < -0.3 is 15.2 Å². The molecule has 86 valence electrons. The van der Waals surface area contributed by atoms with Crippen LogP contribution in [0.3, 0.4) is 0 Å². The monoisotopic (exact) mass is 233 g/mol. The predicted molar refractivity (Wildman–Crippen MR) is 61.0 cm³/mol. The molecule has 2 aromatic heterocycles. The van der Waals surface area contributed by atoms with Crippen molar-refractivity contribution >= 4 is 16.6 Å². The number of aromatic amines is 2. The summed E-state index contributed by atoms with van der Waals surface area (Å²) in [5, 5.41) is 2.83. The largest absolute Gasteiger partial charge is 0.391 e. The van der Waals surface area contributed by atoms with E-state index in [9.17, 15) is 9.18 Å². The molecule has 0 bridgehead atoms. The standard InChI is InChI=1S/C11H8FN3O2/c12-6-1-2-7-5(3-6)4-8(14-7)10-9(13)11(16)15-17-10/h1-4,14H,13H2,(H,15,16). The summed E-state index contributed by atoms with van der Waals surface area (Å²) in [6.07, 6.45) is 0. The van der Waals surface area contributed by atoms with Crippen LogP contribution in [0.25, 0.3) is 22.4 Å². The van der Waals surface area contributed by atoms with E-state index < -0.39 is 5.56 Å². The number of halogens is 1. The molecule has 0 saturated carbocycles. The van der Waals surface area contributed by atoms with E-state index in [1.165, 1.54) is 12.1 Å². The van der Waals surface area contributed by atoms with Crippen molar-refractivity contribution in [1.29, 1.82) is 0 Å². The number of fused-ring (bicyclic) bond motifs is 1. The Hall–Kier alpha value is -2.50. The lowest BCUT2D eigenvalue weighted by Gasteiger charge is -1.90. The van der Waals surface area contributed by atoms with Gasteiger partial charge in [-0.25, -0.2) is 4.39 Å². The van der Waals surface area contributed by atoms with E-state index in [2.05, 4.69) is 10.1 Å². The van der Waals surface area contributed by atoms with E-state index in [-0.39, 0.29) is 17.3 Å². The maximum absolute atomic E-state index is 13.0. The molecule has 0 aliphatic heterocycles. The summed E-state index contributed by atoms with van der Waals surface area (Å²) in [7, 11) is 0. The summed E-state index contributed by atoms with van der Waals surface area (Å²) < 4.78 is 18.0. The van der Waals surface area contributed by atoms with E-state index >= 15 is 0 Å². The lowest BCUT2D eigenvalue weighted by atomic mass is 10.2. The Morgan fingerprint density at radius 3 is 2.82 bits per heavy atom. The van der Waals surface area contributed by atoms with Crippen molar-refractivity contribution in [2.24, 2.45) is 0 Å². The molecule has 0 radical (unpaired) electrons. The number of hydrogen-bond donors (Lipinski definition) is 3. The van der Waals surface area contributed by atoms with Crippen molar-refractivity contribution in [2.45, 2.75) is 0 Å². The number of anilines is 1. The quantitative estimate of drug-likeness (QED) is 0.599. The highest BCUT2D eigenvalue weighted by molar-refractivity contribution is 5.86. The van der Waals surface area contributed by atoms with Crippen molar-refractivity contribution in [3.05, 3.63) is 40.4 Å². The Labute approximate surface area is 94.0 Å². The topological polar surface area (TPSA) is 87.8 Å². The Balaban J connectivity index is 2.25. The Morgan fingerprint density at radius 2 is 2.12 bits per heavy atom. The maximum atomic E-state index is 13.0. The van der Waals surface area contributed by atoms with Gasteiger partial charge in [-0.05, 0) is 24.3 Å². The number of rotatable bonds is 1. The molecule has 3 rings (SSSR count). The third-order valence-corrected chi connectivity index (χ3v) is 2.56. The zero-order chi connectivity index (χ0) is 12.0. The van der Waals surface area contributed by atoms with E-state index in [1.807, 2.05) is 0 Å². The molecule has 5 nitrogen and oxygen atoms in total. The van der Waals surface area contributed by atoms with Gasteiger partial charge in [-0.2, -0.15) is 5.16 Å². The second-order valence-corrected chi connectivity index (χ2v) is 3.69.